The highest BCUT2D eigenvalue weighted by atomic mass is 16.5. The minimum absolute atomic E-state index is 0.0343. The van der Waals surface area contributed by atoms with Crippen molar-refractivity contribution in [1.29, 1.82) is 0 Å². The summed E-state index contributed by atoms with van der Waals surface area (Å²) >= 11 is 0. The summed E-state index contributed by atoms with van der Waals surface area (Å²) in [4.78, 5) is 12.1. The second-order valence-corrected chi connectivity index (χ2v) is 17.2. The van der Waals surface area contributed by atoms with Crippen molar-refractivity contribution in [3.63, 3.8) is 0 Å². The van der Waals surface area contributed by atoms with Crippen LogP contribution in [0.3, 0.4) is 0 Å². The smallest absolute Gasteiger partial charge is 0.305 e. The van der Waals surface area contributed by atoms with Crippen LogP contribution in [0.15, 0.2) is 0 Å². The molecule has 0 aromatic heterocycles. The zero-order valence-corrected chi connectivity index (χ0v) is 36.6. The summed E-state index contributed by atoms with van der Waals surface area (Å²) in [6, 6.07) is 0. The molecular weight excluding hydrogens is 633 g/mol. The number of rotatable bonds is 47. The maximum Gasteiger partial charge on any atom is 0.305 e. The Balaban J connectivity index is 3.14. The van der Waals surface area contributed by atoms with Gasteiger partial charge in [0.1, 0.15) is 0 Å². The molecule has 0 rings (SSSR count). The van der Waals surface area contributed by atoms with E-state index in [1.165, 1.54) is 276 Å². The molecule has 0 atom stereocenters. The van der Waals surface area contributed by atoms with Crippen LogP contribution >= 0.6 is 0 Å². The van der Waals surface area contributed by atoms with Crippen LogP contribution in [-0.4, -0.2) is 12.6 Å². The molecule has 312 valence electrons. The van der Waals surface area contributed by atoms with Gasteiger partial charge in [-0.3, -0.25) is 4.79 Å². The van der Waals surface area contributed by atoms with Crippen LogP contribution in [0.4, 0.5) is 0 Å². The van der Waals surface area contributed by atoms with Gasteiger partial charge >= 0.3 is 5.97 Å². The van der Waals surface area contributed by atoms with Crippen LogP contribution in [0.5, 0.6) is 0 Å². The van der Waals surface area contributed by atoms with E-state index in [1.807, 2.05) is 0 Å². The molecule has 0 saturated carbocycles. The number of carbonyl (C=O) groups excluding carboxylic acids is 1. The lowest BCUT2D eigenvalue weighted by Crippen LogP contribution is -2.05. The van der Waals surface area contributed by atoms with E-state index in [9.17, 15) is 4.79 Å². The summed E-state index contributed by atoms with van der Waals surface area (Å²) in [7, 11) is 0. The summed E-state index contributed by atoms with van der Waals surface area (Å²) < 4.78 is 5.50. The first-order valence-electron chi connectivity index (χ1n) is 25.0. The molecule has 2 heteroatoms. The summed E-state index contributed by atoms with van der Waals surface area (Å²) in [6.45, 7) is 5.24. The summed E-state index contributed by atoms with van der Waals surface area (Å²) in [5, 5.41) is 0. The summed E-state index contributed by atoms with van der Waals surface area (Å²) in [5.41, 5.74) is 0. The Bertz CT molecular complexity index is 578. The third kappa shape index (κ3) is 47.5. The second kappa shape index (κ2) is 48.5. The Morgan fingerprint density at radius 2 is 0.423 bits per heavy atom. The number of hydrogen-bond donors (Lipinski definition) is 0. The van der Waals surface area contributed by atoms with Gasteiger partial charge in [-0.25, -0.2) is 0 Å². The molecule has 0 radical (unpaired) electrons. The summed E-state index contributed by atoms with van der Waals surface area (Å²) in [5.74, 6) is 0.0343. The van der Waals surface area contributed by atoms with Gasteiger partial charge in [0.25, 0.3) is 0 Å². The third-order valence-electron chi connectivity index (χ3n) is 11.7. The van der Waals surface area contributed by atoms with Gasteiger partial charge in [-0.05, 0) is 12.8 Å². The van der Waals surface area contributed by atoms with Gasteiger partial charge in [-0.2, -0.15) is 0 Å². The first kappa shape index (κ1) is 51.5. The van der Waals surface area contributed by atoms with E-state index >= 15 is 0 Å². The van der Waals surface area contributed by atoms with E-state index < -0.39 is 0 Å². The minimum atomic E-state index is 0.0343. The molecule has 2 nitrogen and oxygen atoms in total. The zero-order valence-electron chi connectivity index (χ0n) is 36.6. The molecule has 0 aliphatic rings. The number of unbranched alkanes of at least 4 members (excludes halogenated alkanes) is 43. The van der Waals surface area contributed by atoms with Gasteiger partial charge in [0, 0.05) is 6.42 Å². The molecule has 0 aromatic carbocycles. The average Bonchev–Trinajstić information content (AvgIpc) is 3.15. The van der Waals surface area contributed by atoms with Crippen molar-refractivity contribution in [3.8, 4) is 0 Å². The number of carbonyl (C=O) groups is 1. The van der Waals surface area contributed by atoms with Crippen molar-refractivity contribution in [1.82, 2.24) is 0 Å². The van der Waals surface area contributed by atoms with E-state index in [-0.39, 0.29) is 5.97 Å². The van der Waals surface area contributed by atoms with Crippen LogP contribution in [0.2, 0.25) is 0 Å². The van der Waals surface area contributed by atoms with Gasteiger partial charge in [0.05, 0.1) is 6.61 Å². The Kier molecular flexibility index (Phi) is 48.0. The minimum Gasteiger partial charge on any atom is -0.466 e. The number of esters is 1. The van der Waals surface area contributed by atoms with Gasteiger partial charge in [0.2, 0.25) is 0 Å². The average molecular weight is 733 g/mol. The van der Waals surface area contributed by atoms with Crippen LogP contribution in [-0.2, 0) is 9.53 Å². The zero-order chi connectivity index (χ0) is 37.5. The Morgan fingerprint density at radius 3 is 0.635 bits per heavy atom. The first-order valence-corrected chi connectivity index (χ1v) is 25.0. The predicted octanol–water partition coefficient (Wildman–Crippen LogP) is 18.5. The molecule has 0 N–H and O–H groups in total. The van der Waals surface area contributed by atoms with Gasteiger partial charge in [-0.15, -0.1) is 0 Å². The van der Waals surface area contributed by atoms with Crippen LogP contribution in [0, 0.1) is 0 Å². The molecule has 0 aliphatic carbocycles. The molecule has 0 amide bonds. The maximum atomic E-state index is 12.1. The van der Waals surface area contributed by atoms with Gasteiger partial charge in [0.15, 0.2) is 0 Å². The third-order valence-corrected chi connectivity index (χ3v) is 11.7. The number of hydrogen-bond acceptors (Lipinski definition) is 2. The monoisotopic (exact) mass is 733 g/mol. The Morgan fingerprint density at radius 1 is 0.250 bits per heavy atom. The molecule has 0 aromatic rings. The molecule has 52 heavy (non-hydrogen) atoms. The lowest BCUT2D eigenvalue weighted by molar-refractivity contribution is -0.143. The molecular formula is C50H100O2. The van der Waals surface area contributed by atoms with E-state index in [0.29, 0.717) is 13.0 Å². The summed E-state index contributed by atoms with van der Waals surface area (Å²) in [6.07, 6.45) is 63.8. The number of ether oxygens (including phenoxy) is 1. The molecule has 0 heterocycles. The fourth-order valence-electron chi connectivity index (χ4n) is 8.02. The topological polar surface area (TPSA) is 26.3 Å². The standard InChI is InChI=1S/C50H100O2/c1-3-5-7-9-11-13-15-17-19-21-23-25-27-28-30-32-34-36-38-40-42-44-46-48-50(51)52-49-47-45-43-41-39-37-35-33-31-29-26-24-22-20-18-16-14-12-10-8-6-4-2/h3-49H2,1-2H3. The molecule has 0 fully saturated rings. The van der Waals surface area contributed by atoms with Crippen molar-refractivity contribution in [2.75, 3.05) is 6.61 Å². The largest absolute Gasteiger partial charge is 0.466 e. The normalized spacial score (nSPS) is 11.5. The fourth-order valence-corrected chi connectivity index (χ4v) is 8.02. The fraction of sp³-hybridized carbons (Fsp3) is 0.980. The van der Waals surface area contributed by atoms with E-state index in [4.69, 9.17) is 4.74 Å². The Labute approximate surface area is 330 Å². The predicted molar refractivity (Wildman–Crippen MR) is 235 cm³/mol. The van der Waals surface area contributed by atoms with Crippen molar-refractivity contribution in [2.24, 2.45) is 0 Å². The lowest BCUT2D eigenvalue weighted by Gasteiger charge is -2.06. The molecule has 0 unspecified atom stereocenters. The molecule has 0 aliphatic heterocycles. The van der Waals surface area contributed by atoms with Crippen LogP contribution in [0.1, 0.15) is 309 Å². The van der Waals surface area contributed by atoms with E-state index in [0.717, 1.165) is 12.8 Å². The van der Waals surface area contributed by atoms with E-state index in [1.54, 1.807) is 0 Å². The molecule has 0 saturated heterocycles. The van der Waals surface area contributed by atoms with Gasteiger partial charge < -0.3 is 4.74 Å². The van der Waals surface area contributed by atoms with Crippen LogP contribution in [0.25, 0.3) is 0 Å². The van der Waals surface area contributed by atoms with E-state index in [2.05, 4.69) is 13.8 Å². The van der Waals surface area contributed by atoms with Crippen molar-refractivity contribution in [3.05, 3.63) is 0 Å². The van der Waals surface area contributed by atoms with Crippen molar-refractivity contribution < 1.29 is 9.53 Å². The Hall–Kier alpha value is -0.530. The first-order chi connectivity index (χ1) is 25.8. The second-order valence-electron chi connectivity index (χ2n) is 17.2. The van der Waals surface area contributed by atoms with Gasteiger partial charge in [-0.1, -0.05) is 290 Å². The molecule has 0 spiro atoms. The lowest BCUT2D eigenvalue weighted by atomic mass is 10.0. The maximum absolute atomic E-state index is 12.1. The van der Waals surface area contributed by atoms with Crippen molar-refractivity contribution in [2.45, 2.75) is 309 Å². The highest BCUT2D eigenvalue weighted by molar-refractivity contribution is 5.69. The highest BCUT2D eigenvalue weighted by Gasteiger charge is 2.03. The highest BCUT2D eigenvalue weighted by Crippen LogP contribution is 2.17. The quantitative estimate of drug-likeness (QED) is 0.0460. The molecule has 0 bridgehead atoms. The van der Waals surface area contributed by atoms with Crippen molar-refractivity contribution >= 4 is 5.97 Å². The van der Waals surface area contributed by atoms with Crippen LogP contribution < -0.4 is 0 Å². The SMILES string of the molecule is CCCCCCCCCCCCCCCCCCCCCCCCCC(=O)OCCCCCCCCCCCCCCCCCCCCCCCC.